The van der Waals surface area contributed by atoms with Crippen LogP contribution < -0.4 is 25.1 Å². The highest BCUT2D eigenvalue weighted by molar-refractivity contribution is 7.92. The Labute approximate surface area is 304 Å². The zero-order valence-corrected chi connectivity index (χ0v) is 30.1. The molecule has 274 valence electrons. The molecule has 1 saturated heterocycles. The van der Waals surface area contributed by atoms with Gasteiger partial charge in [-0.1, -0.05) is 54.6 Å². The molecule has 0 aliphatic carbocycles. The number of aromatic nitrogens is 2. The predicted octanol–water partition coefficient (Wildman–Crippen LogP) is 2.82. The van der Waals surface area contributed by atoms with Gasteiger partial charge < -0.3 is 15.0 Å². The number of amides is 4. The first-order valence-electron chi connectivity index (χ1n) is 15.9. The minimum absolute atomic E-state index is 0.00701. The van der Waals surface area contributed by atoms with Crippen LogP contribution in [0.2, 0.25) is 0 Å². The number of urea groups is 1. The van der Waals surface area contributed by atoms with E-state index in [2.05, 4.69) is 19.7 Å². The fourth-order valence-corrected chi connectivity index (χ4v) is 7.21. The molecule has 4 aromatic carbocycles. The summed E-state index contributed by atoms with van der Waals surface area (Å²) in [5.74, 6) is -2.27. The van der Waals surface area contributed by atoms with Crippen LogP contribution in [0.3, 0.4) is 0 Å². The second kappa shape index (κ2) is 14.5. The molecule has 1 aliphatic rings. The Balaban J connectivity index is 1.61. The summed E-state index contributed by atoms with van der Waals surface area (Å²) in [4.78, 5) is 63.7. The third-order valence-electron chi connectivity index (χ3n) is 8.28. The molecule has 16 nitrogen and oxygen atoms in total. The lowest BCUT2D eigenvalue weighted by Crippen LogP contribution is -2.45. The van der Waals surface area contributed by atoms with Crippen LogP contribution in [0.4, 0.5) is 16.2 Å². The maximum absolute atomic E-state index is 14.7. The number of benzene rings is 4. The topological polar surface area (TPSA) is 206 Å². The molecular weight excluding hydrogens is 727 g/mol. The Hall–Kier alpha value is -6.11. The molecule has 0 spiro atoms. The maximum Gasteiger partial charge on any atom is 0.328 e. The highest BCUT2D eigenvalue weighted by Crippen LogP contribution is 2.33. The summed E-state index contributed by atoms with van der Waals surface area (Å²) >= 11 is 0. The molecule has 0 saturated carbocycles. The third-order valence-corrected chi connectivity index (χ3v) is 10.3. The Morgan fingerprint density at radius 2 is 1.57 bits per heavy atom. The van der Waals surface area contributed by atoms with Crippen LogP contribution in [0.25, 0.3) is 16.6 Å². The van der Waals surface area contributed by atoms with E-state index in [9.17, 15) is 36.0 Å². The van der Waals surface area contributed by atoms with E-state index in [1.165, 1.54) is 49.4 Å². The summed E-state index contributed by atoms with van der Waals surface area (Å²) in [7, 11) is -5.42. The van der Waals surface area contributed by atoms with E-state index in [-0.39, 0.29) is 45.2 Å². The number of nitrogens with zero attached hydrogens (tertiary/aromatic N) is 4. The lowest BCUT2D eigenvalue weighted by atomic mass is 10.1. The summed E-state index contributed by atoms with van der Waals surface area (Å²) in [6.45, 7) is -0.423. The van der Waals surface area contributed by atoms with Crippen molar-refractivity contribution in [3.63, 3.8) is 0 Å². The normalized spacial score (nSPS) is 14.0. The molecule has 1 atom stereocenters. The summed E-state index contributed by atoms with van der Waals surface area (Å²) < 4.78 is 61.1. The van der Waals surface area contributed by atoms with E-state index in [0.717, 1.165) is 16.9 Å². The van der Waals surface area contributed by atoms with Gasteiger partial charge >= 0.3 is 6.03 Å². The van der Waals surface area contributed by atoms with Gasteiger partial charge in [0, 0.05) is 6.54 Å². The van der Waals surface area contributed by atoms with Gasteiger partial charge in [0.2, 0.25) is 20.0 Å². The van der Waals surface area contributed by atoms with Crippen molar-refractivity contribution in [3.05, 3.63) is 119 Å². The first-order chi connectivity index (χ1) is 25.2. The smallest absolute Gasteiger partial charge is 0.328 e. The van der Waals surface area contributed by atoms with E-state index in [4.69, 9.17) is 4.74 Å². The zero-order chi connectivity index (χ0) is 38.1. The number of hydrogen-bond acceptors (Lipinski definition) is 10. The number of anilines is 2. The van der Waals surface area contributed by atoms with Gasteiger partial charge in [0.15, 0.2) is 6.04 Å². The van der Waals surface area contributed by atoms with E-state index in [0.29, 0.717) is 10.5 Å². The maximum atomic E-state index is 14.7. The molecule has 6 rings (SSSR count). The van der Waals surface area contributed by atoms with Crippen LogP contribution in [0, 0.1) is 0 Å². The number of methoxy groups -OCH3 is 1. The Morgan fingerprint density at radius 1 is 0.887 bits per heavy atom. The van der Waals surface area contributed by atoms with Gasteiger partial charge in [-0.25, -0.2) is 36.2 Å². The van der Waals surface area contributed by atoms with Gasteiger partial charge in [0.05, 0.1) is 40.7 Å². The number of para-hydroxylation sites is 2. The molecule has 3 N–H and O–H groups in total. The van der Waals surface area contributed by atoms with Crippen molar-refractivity contribution >= 4 is 60.2 Å². The average molecular weight is 760 g/mol. The average Bonchev–Trinajstić information content (AvgIpc) is 3.40. The summed E-state index contributed by atoms with van der Waals surface area (Å²) in [5, 5.41) is 2.55. The molecule has 0 bridgehead atoms. The van der Waals surface area contributed by atoms with Crippen LogP contribution in [-0.2, 0) is 36.2 Å². The minimum atomic E-state index is -4.01. The molecule has 1 aromatic heterocycles. The van der Waals surface area contributed by atoms with Crippen molar-refractivity contribution in [2.24, 2.45) is 0 Å². The van der Waals surface area contributed by atoms with Crippen LogP contribution >= 0.6 is 0 Å². The molecule has 1 aliphatic heterocycles. The van der Waals surface area contributed by atoms with E-state index >= 15 is 0 Å². The number of imide groups is 1. The molecule has 0 radical (unpaired) electrons. The van der Waals surface area contributed by atoms with Crippen molar-refractivity contribution in [1.29, 1.82) is 0 Å². The SMILES string of the molecule is CNS(=O)(=O)c1ccc(OC)c(NC(=O)C(c2nc3c(NS(C)(=O)=O)cccc3c(=O)n2-c2ccccc2)N2C(=O)CN(Cc3ccccc3)C2=O)c1. The van der Waals surface area contributed by atoms with Crippen molar-refractivity contribution in [2.75, 3.05) is 37.0 Å². The van der Waals surface area contributed by atoms with Gasteiger partial charge in [-0.05, 0) is 55.1 Å². The first kappa shape index (κ1) is 36.7. The molecule has 5 aromatic rings. The lowest BCUT2D eigenvalue weighted by molar-refractivity contribution is -0.132. The number of ether oxygens (including phenoxy) is 1. The largest absolute Gasteiger partial charge is 0.495 e. The number of carbonyl (C=O) groups excluding carboxylic acids is 3. The number of fused-ring (bicyclic) bond motifs is 1. The zero-order valence-electron chi connectivity index (χ0n) is 28.5. The van der Waals surface area contributed by atoms with E-state index in [1.807, 2.05) is 0 Å². The van der Waals surface area contributed by atoms with E-state index < -0.39 is 61.9 Å². The monoisotopic (exact) mass is 759 g/mol. The van der Waals surface area contributed by atoms with Gasteiger partial charge in [0.1, 0.15) is 23.6 Å². The summed E-state index contributed by atoms with van der Waals surface area (Å²) in [6, 6.07) is 21.9. The summed E-state index contributed by atoms with van der Waals surface area (Å²) in [5.41, 5.74) is -0.243. The third kappa shape index (κ3) is 7.46. The standard InChI is InChI=1S/C35H33N7O9S2/c1-36-53(49,50)24-17-18-28(51-2)27(19-24)37-33(44)31(42-29(43)21-40(35(42)46)20-22-11-6-4-7-12-22)32-38-30-25(15-10-16-26(30)39-52(3,47)48)34(45)41(32)23-13-8-5-9-14-23/h4-19,31,36,39H,20-21H2,1-3H3,(H,37,44). The molecule has 1 fully saturated rings. The fourth-order valence-electron chi connectivity index (χ4n) is 5.89. The molecular formula is C35H33N7O9S2. The number of sulfonamides is 2. The van der Waals surface area contributed by atoms with Crippen molar-refractivity contribution in [1.82, 2.24) is 24.1 Å². The first-order valence-corrected chi connectivity index (χ1v) is 19.3. The van der Waals surface area contributed by atoms with Crippen LogP contribution in [0.5, 0.6) is 5.75 Å². The molecule has 18 heteroatoms. The predicted molar refractivity (Wildman–Crippen MR) is 196 cm³/mol. The van der Waals surface area contributed by atoms with E-state index in [1.54, 1.807) is 60.7 Å². The number of hydrogen-bond donors (Lipinski definition) is 3. The quantitative estimate of drug-likeness (QED) is 0.159. The van der Waals surface area contributed by atoms with Crippen LogP contribution in [0.1, 0.15) is 17.4 Å². The Bertz CT molecular complexity index is 2530. The Morgan fingerprint density at radius 3 is 2.21 bits per heavy atom. The molecule has 1 unspecified atom stereocenters. The highest BCUT2D eigenvalue weighted by atomic mass is 32.2. The van der Waals surface area contributed by atoms with Gasteiger partial charge in [-0.15, -0.1) is 0 Å². The van der Waals surface area contributed by atoms with Gasteiger partial charge in [0.25, 0.3) is 17.4 Å². The van der Waals surface area contributed by atoms with Gasteiger partial charge in [-0.2, -0.15) is 0 Å². The van der Waals surface area contributed by atoms with Crippen molar-refractivity contribution in [3.8, 4) is 11.4 Å². The lowest BCUT2D eigenvalue weighted by Gasteiger charge is -2.28. The number of nitrogens with one attached hydrogen (secondary N) is 3. The van der Waals surface area contributed by atoms with Crippen molar-refractivity contribution in [2.45, 2.75) is 17.5 Å². The van der Waals surface area contributed by atoms with Crippen LogP contribution in [0.15, 0.2) is 107 Å². The van der Waals surface area contributed by atoms with Gasteiger partial charge in [-0.3, -0.25) is 23.7 Å². The second-order valence-corrected chi connectivity index (χ2v) is 15.5. The van der Waals surface area contributed by atoms with Crippen LogP contribution in [-0.4, -0.2) is 81.0 Å². The molecule has 53 heavy (non-hydrogen) atoms. The highest BCUT2D eigenvalue weighted by Gasteiger charge is 2.46. The number of carbonyl (C=O) groups is 3. The molecule has 4 amide bonds. The Kier molecular flexibility index (Phi) is 10.0. The minimum Gasteiger partial charge on any atom is -0.495 e. The second-order valence-electron chi connectivity index (χ2n) is 11.9. The summed E-state index contributed by atoms with van der Waals surface area (Å²) in [6.07, 6.45) is 0.910. The van der Waals surface area contributed by atoms with Crippen molar-refractivity contribution < 1.29 is 36.0 Å². The fraction of sp³-hybridized carbons (Fsp3) is 0.171. The molecule has 2 heterocycles. The number of rotatable bonds is 12.